The van der Waals surface area contributed by atoms with Gasteiger partial charge in [-0.25, -0.2) is 0 Å². The number of rotatable bonds is 3. The molecule has 0 unspecified atom stereocenters. The van der Waals surface area contributed by atoms with Crippen molar-refractivity contribution in [2.24, 2.45) is 5.73 Å². The van der Waals surface area contributed by atoms with E-state index in [9.17, 15) is 21.6 Å². The molecule has 0 aromatic carbocycles. The first-order valence-electron chi connectivity index (χ1n) is 4.40. The van der Waals surface area contributed by atoms with Crippen LogP contribution in [0.1, 0.15) is 26.2 Å². The van der Waals surface area contributed by atoms with Gasteiger partial charge in [0.25, 0.3) is 20.2 Å². The van der Waals surface area contributed by atoms with Gasteiger partial charge in [-0.15, -0.1) is 0 Å². The van der Waals surface area contributed by atoms with Crippen LogP contribution in [-0.2, 0) is 25.0 Å². The molecular weight excluding hydrogens is 274 g/mol. The van der Waals surface area contributed by atoms with Crippen molar-refractivity contribution in [3.63, 3.8) is 0 Å². The second-order valence-corrected chi connectivity index (χ2v) is 5.97. The van der Waals surface area contributed by atoms with Crippen molar-refractivity contribution in [1.29, 1.82) is 0 Å². The van der Waals surface area contributed by atoms with Gasteiger partial charge >= 0.3 is 0 Å². The monoisotopic (exact) mass is 293 g/mol. The summed E-state index contributed by atoms with van der Waals surface area (Å²) in [6, 6.07) is 0. The van der Waals surface area contributed by atoms with Gasteiger partial charge in [0.2, 0.25) is 5.91 Å². The van der Waals surface area contributed by atoms with Gasteiger partial charge in [-0.2, -0.15) is 16.8 Å². The van der Waals surface area contributed by atoms with E-state index in [1.165, 1.54) is 0 Å². The lowest BCUT2D eigenvalue weighted by molar-refractivity contribution is -0.118. The molecule has 0 aromatic heterocycles. The molecule has 0 rings (SSSR count). The van der Waals surface area contributed by atoms with Crippen LogP contribution in [0.2, 0.25) is 0 Å². The first-order valence-corrected chi connectivity index (χ1v) is 8.10. The molecule has 4 N–H and O–H groups in total. The Balaban J connectivity index is -0.000000177. The summed E-state index contributed by atoms with van der Waals surface area (Å²) in [7, 11) is -7.33. The second kappa shape index (κ2) is 10.4. The molecule has 0 aliphatic heterocycles. The maximum Gasteiger partial charge on any atom is 0.261 e. The zero-order valence-electron chi connectivity index (χ0n) is 9.95. The number of primary amides is 1. The van der Waals surface area contributed by atoms with Crippen LogP contribution < -0.4 is 5.73 Å². The van der Waals surface area contributed by atoms with Gasteiger partial charge in [0.1, 0.15) is 0 Å². The molecule has 1 amide bonds. The number of carbonyl (C=O) groups excluding carboxylic acids is 1. The van der Waals surface area contributed by atoms with E-state index < -0.39 is 20.2 Å². The highest BCUT2D eigenvalue weighted by Crippen LogP contribution is 1.89. The lowest BCUT2D eigenvalue weighted by Gasteiger charge is -1.86. The summed E-state index contributed by atoms with van der Waals surface area (Å²) in [5.41, 5.74) is 4.84. The summed E-state index contributed by atoms with van der Waals surface area (Å²) in [6.07, 6.45) is 3.94. The van der Waals surface area contributed by atoms with Gasteiger partial charge in [0.05, 0.1) is 12.5 Å². The number of unbranched alkanes of at least 4 members (excludes halogenated alkanes) is 1. The minimum atomic E-state index is -3.67. The highest BCUT2D eigenvalue weighted by Gasteiger charge is 1.88. The Morgan fingerprint density at radius 2 is 1.29 bits per heavy atom. The molecule has 17 heavy (non-hydrogen) atoms. The molecule has 0 aliphatic rings. The van der Waals surface area contributed by atoms with Crippen molar-refractivity contribution >= 4 is 26.1 Å². The number of hydrogen-bond acceptors (Lipinski definition) is 5. The number of hydrogen-bond donors (Lipinski definition) is 3. The Kier molecular flexibility index (Phi) is 13.2. The van der Waals surface area contributed by atoms with Gasteiger partial charge in [-0.05, 0) is 6.42 Å². The van der Waals surface area contributed by atoms with Crippen LogP contribution in [0.25, 0.3) is 0 Å². The summed E-state index contributed by atoms with van der Waals surface area (Å²) < 4.78 is 51.7. The van der Waals surface area contributed by atoms with E-state index in [1.54, 1.807) is 0 Å². The zero-order valence-corrected chi connectivity index (χ0v) is 11.6. The van der Waals surface area contributed by atoms with Crippen LogP contribution >= 0.6 is 0 Å². The van der Waals surface area contributed by atoms with Crippen molar-refractivity contribution in [2.75, 3.05) is 12.5 Å². The number of nitrogens with two attached hydrogens (primary N) is 1. The Morgan fingerprint density at radius 3 is 1.35 bits per heavy atom. The number of amides is 1. The summed E-state index contributed by atoms with van der Waals surface area (Å²) in [5.74, 6) is -0.193. The molecule has 0 aliphatic carbocycles. The highest BCUT2D eigenvalue weighted by atomic mass is 32.2. The average Bonchev–Trinajstić information content (AvgIpc) is 1.93. The van der Waals surface area contributed by atoms with E-state index in [0.29, 0.717) is 18.9 Å². The normalized spacial score (nSPS) is 10.4. The van der Waals surface area contributed by atoms with E-state index in [-0.39, 0.29) is 5.91 Å². The van der Waals surface area contributed by atoms with Crippen LogP contribution in [0, 0.1) is 0 Å². The molecule has 0 saturated heterocycles. The molecule has 8 nitrogen and oxygen atoms in total. The molecule has 10 heteroatoms. The Bertz CT molecular complexity index is 338. The predicted molar refractivity (Wildman–Crippen MR) is 63.7 cm³/mol. The third kappa shape index (κ3) is 249. The van der Waals surface area contributed by atoms with Crippen LogP contribution in [0.3, 0.4) is 0 Å². The van der Waals surface area contributed by atoms with Crippen LogP contribution in [0.5, 0.6) is 0 Å². The van der Waals surface area contributed by atoms with Gasteiger partial charge in [0.15, 0.2) is 0 Å². The number of carbonyl (C=O) groups is 1. The van der Waals surface area contributed by atoms with E-state index in [1.807, 2.05) is 6.92 Å². The Morgan fingerprint density at radius 1 is 1.06 bits per heavy atom. The van der Waals surface area contributed by atoms with Crippen molar-refractivity contribution in [3.05, 3.63) is 0 Å². The van der Waals surface area contributed by atoms with E-state index in [0.717, 1.165) is 12.8 Å². The fourth-order valence-corrected chi connectivity index (χ4v) is 0.351. The van der Waals surface area contributed by atoms with Crippen LogP contribution in [-0.4, -0.2) is 44.4 Å². The molecule has 0 radical (unpaired) electrons. The first-order chi connectivity index (χ1) is 7.27. The van der Waals surface area contributed by atoms with Crippen molar-refractivity contribution in [2.45, 2.75) is 26.2 Å². The fraction of sp³-hybridized carbons (Fsp3) is 0.857. The highest BCUT2D eigenvalue weighted by molar-refractivity contribution is 7.85. The van der Waals surface area contributed by atoms with Gasteiger partial charge < -0.3 is 5.73 Å². The molecular formula is C7H19NO7S2. The van der Waals surface area contributed by atoms with Gasteiger partial charge in [0, 0.05) is 6.42 Å². The predicted octanol–water partition coefficient (Wildman–Crippen LogP) is -0.330. The quantitative estimate of drug-likeness (QED) is 0.602. The zero-order chi connectivity index (χ0) is 14.7. The van der Waals surface area contributed by atoms with E-state index in [4.69, 9.17) is 14.8 Å². The van der Waals surface area contributed by atoms with Gasteiger partial charge in [-0.3, -0.25) is 13.9 Å². The molecule has 0 bridgehead atoms. The summed E-state index contributed by atoms with van der Waals surface area (Å²) >= 11 is 0. The fourth-order valence-electron chi connectivity index (χ4n) is 0.351. The first kappa shape index (κ1) is 21.6. The Hall–Kier alpha value is -0.710. The third-order valence-electron chi connectivity index (χ3n) is 0.777. The molecule has 0 aromatic rings. The SMILES string of the molecule is CCCCC(N)=O.CS(=O)(=O)O.CS(=O)(=O)O. The van der Waals surface area contributed by atoms with Crippen LogP contribution in [0.15, 0.2) is 0 Å². The summed E-state index contributed by atoms with van der Waals surface area (Å²) in [6.45, 7) is 2.03. The summed E-state index contributed by atoms with van der Waals surface area (Å²) in [4.78, 5) is 9.98. The minimum Gasteiger partial charge on any atom is -0.370 e. The molecule has 0 heterocycles. The lowest BCUT2D eigenvalue weighted by atomic mass is 10.2. The molecule has 106 valence electrons. The topological polar surface area (TPSA) is 152 Å². The standard InChI is InChI=1S/C5H11NO.2CH4O3S/c1-2-3-4-5(6)7;2*1-5(2,3)4/h2-4H2,1H3,(H2,6,7);2*1H3,(H,2,3,4). The molecule has 0 spiro atoms. The molecule has 0 atom stereocenters. The van der Waals surface area contributed by atoms with E-state index in [2.05, 4.69) is 0 Å². The smallest absolute Gasteiger partial charge is 0.261 e. The summed E-state index contributed by atoms with van der Waals surface area (Å²) in [5, 5.41) is 0. The largest absolute Gasteiger partial charge is 0.370 e. The van der Waals surface area contributed by atoms with Gasteiger partial charge in [-0.1, -0.05) is 13.3 Å². The average molecular weight is 293 g/mol. The second-order valence-electron chi connectivity index (χ2n) is 3.04. The van der Waals surface area contributed by atoms with E-state index >= 15 is 0 Å². The maximum atomic E-state index is 9.98. The molecule has 0 saturated carbocycles. The van der Waals surface area contributed by atoms with Crippen molar-refractivity contribution in [1.82, 2.24) is 0 Å². The van der Waals surface area contributed by atoms with Crippen molar-refractivity contribution < 1.29 is 30.7 Å². The maximum absolute atomic E-state index is 9.98. The minimum absolute atomic E-state index is 0.193. The van der Waals surface area contributed by atoms with Crippen molar-refractivity contribution in [3.8, 4) is 0 Å². The molecule has 0 fully saturated rings. The van der Waals surface area contributed by atoms with Crippen LogP contribution in [0.4, 0.5) is 0 Å². The Labute approximate surface area is 102 Å². The lowest BCUT2D eigenvalue weighted by Crippen LogP contribution is -2.09. The third-order valence-corrected chi connectivity index (χ3v) is 0.777.